The average molecular weight is 246 g/mol. The zero-order valence-corrected chi connectivity index (χ0v) is 12.1. The van der Waals surface area contributed by atoms with Crippen LogP contribution in [-0.2, 0) is 4.79 Å². The van der Waals surface area contributed by atoms with E-state index in [1.54, 1.807) is 5.57 Å². The Labute approximate surface area is 111 Å². The van der Waals surface area contributed by atoms with Gasteiger partial charge in [0.1, 0.15) is 6.29 Å². The summed E-state index contributed by atoms with van der Waals surface area (Å²) >= 11 is 0. The summed E-state index contributed by atoms with van der Waals surface area (Å²) in [4.78, 5) is 10.9. The number of allylic oxidation sites excluding steroid dienone is 2. The van der Waals surface area contributed by atoms with Crippen molar-refractivity contribution in [3.8, 4) is 0 Å². The van der Waals surface area contributed by atoms with Crippen LogP contribution in [0.5, 0.6) is 0 Å². The lowest BCUT2D eigenvalue weighted by Crippen LogP contribution is -2.50. The first-order chi connectivity index (χ1) is 8.49. The van der Waals surface area contributed by atoms with Crippen molar-refractivity contribution in [2.24, 2.45) is 16.2 Å². The predicted molar refractivity (Wildman–Crippen MR) is 74.3 cm³/mol. The van der Waals surface area contributed by atoms with Gasteiger partial charge in [0.2, 0.25) is 0 Å². The van der Waals surface area contributed by atoms with Crippen LogP contribution in [0.4, 0.5) is 0 Å². The molecule has 0 heterocycles. The van der Waals surface area contributed by atoms with Crippen LogP contribution in [0.3, 0.4) is 0 Å². The molecule has 0 spiro atoms. The Morgan fingerprint density at radius 3 is 2.61 bits per heavy atom. The molecule has 100 valence electrons. The lowest BCUT2D eigenvalue weighted by molar-refractivity contribution is -0.107. The highest BCUT2D eigenvalue weighted by Crippen LogP contribution is 2.75. The summed E-state index contributed by atoms with van der Waals surface area (Å²) in [6.45, 7) is 7.43. The molecule has 3 atom stereocenters. The van der Waals surface area contributed by atoms with Crippen molar-refractivity contribution in [3.05, 3.63) is 11.1 Å². The van der Waals surface area contributed by atoms with E-state index in [-0.39, 0.29) is 0 Å². The minimum absolute atomic E-state index is 0.441. The zero-order valence-electron chi connectivity index (χ0n) is 12.1. The van der Waals surface area contributed by atoms with E-state index in [0.29, 0.717) is 22.7 Å². The maximum Gasteiger partial charge on any atom is 0.124 e. The van der Waals surface area contributed by atoms with Crippen molar-refractivity contribution in [1.29, 1.82) is 0 Å². The second-order valence-electron chi connectivity index (χ2n) is 7.43. The number of rotatable bonds is 2. The third-order valence-corrected chi connectivity index (χ3v) is 7.33. The predicted octanol–water partition coefficient (Wildman–Crippen LogP) is 4.66. The van der Waals surface area contributed by atoms with Crippen LogP contribution in [0.1, 0.15) is 72.1 Å². The van der Waals surface area contributed by atoms with Crippen LogP contribution in [0.25, 0.3) is 0 Å². The van der Waals surface area contributed by atoms with Crippen molar-refractivity contribution < 1.29 is 4.79 Å². The van der Waals surface area contributed by atoms with Crippen LogP contribution >= 0.6 is 0 Å². The lowest BCUT2D eigenvalue weighted by atomic mass is 9.46. The first-order valence-corrected chi connectivity index (χ1v) is 7.62. The summed E-state index contributed by atoms with van der Waals surface area (Å²) in [5.41, 5.74) is 4.56. The molecule has 2 bridgehead atoms. The van der Waals surface area contributed by atoms with Gasteiger partial charge in [-0.1, -0.05) is 31.4 Å². The minimum atomic E-state index is 0.441. The van der Waals surface area contributed by atoms with Crippen LogP contribution < -0.4 is 0 Å². The molecule has 1 nitrogen and oxygen atoms in total. The molecule has 3 aliphatic rings. The van der Waals surface area contributed by atoms with Gasteiger partial charge in [0.15, 0.2) is 0 Å². The molecule has 0 amide bonds. The van der Waals surface area contributed by atoms with Crippen LogP contribution in [0, 0.1) is 16.2 Å². The van der Waals surface area contributed by atoms with Crippen molar-refractivity contribution >= 4 is 6.29 Å². The van der Waals surface area contributed by atoms with E-state index in [2.05, 4.69) is 20.8 Å². The van der Waals surface area contributed by atoms with Gasteiger partial charge in [0.25, 0.3) is 0 Å². The van der Waals surface area contributed by atoms with E-state index >= 15 is 0 Å². The molecular formula is C17H26O. The van der Waals surface area contributed by atoms with E-state index in [0.717, 1.165) is 6.29 Å². The fraction of sp³-hybridized carbons (Fsp3) is 0.824. The number of hydrogen-bond acceptors (Lipinski definition) is 1. The summed E-state index contributed by atoms with van der Waals surface area (Å²) in [7, 11) is 0. The molecule has 18 heavy (non-hydrogen) atoms. The maximum atomic E-state index is 10.9. The summed E-state index contributed by atoms with van der Waals surface area (Å²) in [6.07, 6.45) is 11.2. The third kappa shape index (κ3) is 1.21. The topological polar surface area (TPSA) is 17.1 Å². The standard InChI is InChI=1S/C17H26O/c1-13-14(6-12-18)5-9-16(3)15(2)7-4-8-17(13,16)11-10-15/h12H,4-11H2,1-3H3. The van der Waals surface area contributed by atoms with E-state index in [1.807, 2.05) is 0 Å². The molecule has 3 aliphatic carbocycles. The highest BCUT2D eigenvalue weighted by atomic mass is 16.1. The molecule has 0 aromatic carbocycles. The monoisotopic (exact) mass is 246 g/mol. The van der Waals surface area contributed by atoms with Gasteiger partial charge in [-0.05, 0) is 61.7 Å². The first kappa shape index (κ1) is 12.4. The molecule has 0 N–H and O–H groups in total. The molecule has 0 radical (unpaired) electrons. The van der Waals surface area contributed by atoms with Crippen LogP contribution in [-0.4, -0.2) is 6.29 Å². The molecule has 0 aromatic heterocycles. The zero-order chi connectivity index (χ0) is 13.0. The molecule has 3 rings (SSSR count). The van der Waals surface area contributed by atoms with E-state index in [1.165, 1.54) is 50.5 Å². The van der Waals surface area contributed by atoms with Gasteiger partial charge in [-0.2, -0.15) is 0 Å². The lowest BCUT2D eigenvalue weighted by Gasteiger charge is -2.59. The maximum absolute atomic E-state index is 10.9. The van der Waals surface area contributed by atoms with Gasteiger partial charge in [-0.3, -0.25) is 0 Å². The summed E-state index contributed by atoms with van der Waals surface area (Å²) in [5, 5.41) is 0. The SMILES string of the molecule is CC1=C(CC=O)CCC2(C)C3(C)CCCC12CC3. The van der Waals surface area contributed by atoms with Gasteiger partial charge in [-0.25, -0.2) is 0 Å². The number of hydrogen-bond donors (Lipinski definition) is 0. The van der Waals surface area contributed by atoms with Crippen molar-refractivity contribution in [3.63, 3.8) is 0 Å². The Morgan fingerprint density at radius 2 is 1.89 bits per heavy atom. The van der Waals surface area contributed by atoms with Gasteiger partial charge in [-0.15, -0.1) is 0 Å². The van der Waals surface area contributed by atoms with E-state index in [4.69, 9.17) is 0 Å². The van der Waals surface area contributed by atoms with Gasteiger partial charge in [0.05, 0.1) is 0 Å². The second kappa shape index (κ2) is 3.71. The number of carbonyl (C=O) groups excluding carboxylic acids is 1. The summed E-state index contributed by atoms with van der Waals surface area (Å²) in [6, 6.07) is 0. The van der Waals surface area contributed by atoms with Crippen LogP contribution in [0.15, 0.2) is 11.1 Å². The molecular weight excluding hydrogens is 220 g/mol. The first-order valence-electron chi connectivity index (χ1n) is 7.62. The number of carbonyl (C=O) groups is 1. The molecule has 0 saturated heterocycles. The Bertz CT molecular complexity index is 421. The molecule has 0 aliphatic heterocycles. The minimum Gasteiger partial charge on any atom is -0.303 e. The fourth-order valence-electron chi connectivity index (χ4n) is 5.81. The molecule has 1 heteroatoms. The Kier molecular flexibility index (Phi) is 2.56. The van der Waals surface area contributed by atoms with Crippen molar-refractivity contribution in [2.75, 3.05) is 0 Å². The van der Waals surface area contributed by atoms with Gasteiger partial charge >= 0.3 is 0 Å². The second-order valence-corrected chi connectivity index (χ2v) is 7.43. The van der Waals surface area contributed by atoms with E-state index < -0.39 is 0 Å². The Morgan fingerprint density at radius 1 is 1.11 bits per heavy atom. The fourth-order valence-corrected chi connectivity index (χ4v) is 5.81. The molecule has 3 unspecified atom stereocenters. The highest BCUT2D eigenvalue weighted by molar-refractivity contribution is 5.56. The van der Waals surface area contributed by atoms with Crippen molar-refractivity contribution in [1.82, 2.24) is 0 Å². The molecule has 2 saturated carbocycles. The third-order valence-electron chi connectivity index (χ3n) is 7.33. The Hall–Kier alpha value is -0.590. The smallest absolute Gasteiger partial charge is 0.124 e. The van der Waals surface area contributed by atoms with Gasteiger partial charge in [0, 0.05) is 6.42 Å². The molecule has 2 fully saturated rings. The quantitative estimate of drug-likeness (QED) is 0.511. The summed E-state index contributed by atoms with van der Waals surface area (Å²) in [5.74, 6) is 0. The Balaban J connectivity index is 2.12. The van der Waals surface area contributed by atoms with Gasteiger partial charge < -0.3 is 4.79 Å². The normalized spacial score (nSPS) is 47.1. The van der Waals surface area contributed by atoms with Crippen molar-refractivity contribution in [2.45, 2.75) is 72.1 Å². The largest absolute Gasteiger partial charge is 0.303 e. The summed E-state index contributed by atoms with van der Waals surface area (Å²) < 4.78 is 0. The number of aldehydes is 1. The van der Waals surface area contributed by atoms with E-state index in [9.17, 15) is 4.79 Å². The van der Waals surface area contributed by atoms with Crippen LogP contribution in [0.2, 0.25) is 0 Å². The highest BCUT2D eigenvalue weighted by Gasteiger charge is 2.65. The average Bonchev–Trinajstić information content (AvgIpc) is 2.50. The molecule has 0 aromatic rings.